The highest BCUT2D eigenvalue weighted by Crippen LogP contribution is 2.11. The monoisotopic (exact) mass is 214 g/mol. The summed E-state index contributed by atoms with van der Waals surface area (Å²) >= 11 is 1.68. The van der Waals surface area contributed by atoms with Crippen LogP contribution in [0.5, 0.6) is 0 Å². The second-order valence-corrected chi connectivity index (χ2v) is 4.11. The maximum atomic E-state index is 9.67. The molecule has 0 aliphatic heterocycles. The Hall–Kier alpha value is -0.380. The van der Waals surface area contributed by atoms with E-state index in [9.17, 15) is 5.11 Å². The standard InChI is InChI=1S/C11H18O2S/c1-2-13-6-3-4-11(12)8-10-5-7-14-9-10/h5,7,9,11-12H,2-4,6,8H2,1H3. The smallest absolute Gasteiger partial charge is 0.0581 e. The van der Waals surface area contributed by atoms with Gasteiger partial charge in [0.15, 0.2) is 0 Å². The van der Waals surface area contributed by atoms with Crippen LogP contribution < -0.4 is 0 Å². The maximum absolute atomic E-state index is 9.67. The third kappa shape index (κ3) is 4.74. The van der Waals surface area contributed by atoms with Crippen LogP contribution in [0.1, 0.15) is 25.3 Å². The van der Waals surface area contributed by atoms with Crippen LogP contribution in [0.25, 0.3) is 0 Å². The van der Waals surface area contributed by atoms with Crippen LogP contribution in [0.3, 0.4) is 0 Å². The molecule has 80 valence electrons. The minimum atomic E-state index is -0.218. The molecule has 1 heterocycles. The first-order valence-corrected chi connectivity index (χ1v) is 6.04. The predicted octanol–water partition coefficient (Wildman–Crippen LogP) is 2.47. The van der Waals surface area contributed by atoms with Crippen molar-refractivity contribution < 1.29 is 9.84 Å². The molecule has 0 bridgehead atoms. The van der Waals surface area contributed by atoms with Gasteiger partial charge >= 0.3 is 0 Å². The highest BCUT2D eigenvalue weighted by Gasteiger charge is 2.05. The lowest BCUT2D eigenvalue weighted by molar-refractivity contribution is 0.114. The van der Waals surface area contributed by atoms with Crippen LogP contribution in [-0.4, -0.2) is 24.4 Å². The molecule has 0 radical (unpaired) electrons. The molecule has 0 aliphatic rings. The van der Waals surface area contributed by atoms with Crippen molar-refractivity contribution in [3.05, 3.63) is 22.4 Å². The Labute approximate surface area is 89.5 Å². The average Bonchev–Trinajstić information content (AvgIpc) is 2.65. The van der Waals surface area contributed by atoms with Crippen LogP contribution in [0.2, 0.25) is 0 Å². The molecule has 1 aromatic heterocycles. The summed E-state index contributed by atoms with van der Waals surface area (Å²) in [5.74, 6) is 0. The first-order chi connectivity index (χ1) is 6.83. The Bertz CT molecular complexity index is 221. The van der Waals surface area contributed by atoms with Gasteiger partial charge in [0.25, 0.3) is 0 Å². The van der Waals surface area contributed by atoms with E-state index in [0.717, 1.165) is 32.5 Å². The van der Waals surface area contributed by atoms with Crippen molar-refractivity contribution in [1.29, 1.82) is 0 Å². The number of aliphatic hydroxyl groups excluding tert-OH is 1. The van der Waals surface area contributed by atoms with E-state index in [1.165, 1.54) is 5.56 Å². The zero-order valence-corrected chi connectivity index (χ0v) is 9.43. The summed E-state index contributed by atoms with van der Waals surface area (Å²) in [6.07, 6.45) is 2.33. The minimum Gasteiger partial charge on any atom is -0.393 e. The number of ether oxygens (including phenoxy) is 1. The molecule has 1 rings (SSSR count). The Balaban J connectivity index is 2.07. The number of hydrogen-bond acceptors (Lipinski definition) is 3. The first kappa shape index (κ1) is 11.7. The third-order valence-corrected chi connectivity index (χ3v) is 2.81. The molecule has 14 heavy (non-hydrogen) atoms. The summed E-state index contributed by atoms with van der Waals surface area (Å²) in [7, 11) is 0. The molecule has 1 N–H and O–H groups in total. The van der Waals surface area contributed by atoms with Gasteiger partial charge < -0.3 is 9.84 Å². The van der Waals surface area contributed by atoms with Crippen LogP contribution >= 0.6 is 11.3 Å². The molecule has 0 saturated carbocycles. The minimum absolute atomic E-state index is 0.218. The normalized spacial score (nSPS) is 13.0. The van der Waals surface area contributed by atoms with Gasteiger partial charge in [0.05, 0.1) is 6.10 Å². The number of hydrogen-bond donors (Lipinski definition) is 1. The number of thiophene rings is 1. The zero-order chi connectivity index (χ0) is 10.2. The summed E-state index contributed by atoms with van der Waals surface area (Å²) in [5.41, 5.74) is 1.24. The Kier molecular flexibility index (Phi) is 5.83. The van der Waals surface area contributed by atoms with Crippen molar-refractivity contribution in [3.63, 3.8) is 0 Å². The third-order valence-electron chi connectivity index (χ3n) is 2.08. The summed E-state index contributed by atoms with van der Waals surface area (Å²) in [6.45, 7) is 3.51. The molecule has 1 unspecified atom stereocenters. The van der Waals surface area contributed by atoms with Gasteiger partial charge in [0, 0.05) is 13.2 Å². The highest BCUT2D eigenvalue weighted by molar-refractivity contribution is 7.07. The lowest BCUT2D eigenvalue weighted by Crippen LogP contribution is -2.11. The van der Waals surface area contributed by atoms with Crippen molar-refractivity contribution in [1.82, 2.24) is 0 Å². The van der Waals surface area contributed by atoms with Crippen molar-refractivity contribution >= 4 is 11.3 Å². The van der Waals surface area contributed by atoms with Crippen LogP contribution in [0.15, 0.2) is 16.8 Å². The van der Waals surface area contributed by atoms with Gasteiger partial charge in [-0.05, 0) is 48.6 Å². The van der Waals surface area contributed by atoms with Crippen molar-refractivity contribution in [3.8, 4) is 0 Å². The Morgan fingerprint density at radius 3 is 3.07 bits per heavy atom. The second-order valence-electron chi connectivity index (χ2n) is 3.33. The van der Waals surface area contributed by atoms with E-state index in [2.05, 4.69) is 11.4 Å². The van der Waals surface area contributed by atoms with Gasteiger partial charge in [-0.25, -0.2) is 0 Å². The molecule has 2 nitrogen and oxygen atoms in total. The van der Waals surface area contributed by atoms with Crippen LogP contribution in [-0.2, 0) is 11.2 Å². The van der Waals surface area contributed by atoms with Gasteiger partial charge in [-0.1, -0.05) is 0 Å². The lowest BCUT2D eigenvalue weighted by atomic mass is 10.1. The molecule has 0 spiro atoms. The van der Waals surface area contributed by atoms with Crippen molar-refractivity contribution in [2.75, 3.05) is 13.2 Å². The van der Waals surface area contributed by atoms with E-state index in [1.807, 2.05) is 12.3 Å². The van der Waals surface area contributed by atoms with Gasteiger partial charge in [-0.3, -0.25) is 0 Å². The molecule has 3 heteroatoms. The summed E-state index contributed by atoms with van der Waals surface area (Å²) in [4.78, 5) is 0. The fourth-order valence-corrected chi connectivity index (χ4v) is 2.03. The van der Waals surface area contributed by atoms with Gasteiger partial charge in [0.2, 0.25) is 0 Å². The van der Waals surface area contributed by atoms with Crippen molar-refractivity contribution in [2.45, 2.75) is 32.3 Å². The second kappa shape index (κ2) is 6.98. The molecule has 1 aromatic rings. The summed E-state index contributed by atoms with van der Waals surface area (Å²) in [5, 5.41) is 13.8. The fourth-order valence-electron chi connectivity index (χ4n) is 1.35. The van der Waals surface area contributed by atoms with Gasteiger partial charge in [-0.15, -0.1) is 0 Å². The molecule has 0 aromatic carbocycles. The van der Waals surface area contributed by atoms with E-state index in [4.69, 9.17) is 4.74 Å². The Morgan fingerprint density at radius 2 is 2.43 bits per heavy atom. The predicted molar refractivity (Wildman–Crippen MR) is 59.8 cm³/mol. The largest absolute Gasteiger partial charge is 0.393 e. The van der Waals surface area contributed by atoms with Gasteiger partial charge in [0.1, 0.15) is 0 Å². The molecular formula is C11H18O2S. The molecule has 0 saturated heterocycles. The van der Waals surface area contributed by atoms with E-state index in [0.29, 0.717) is 0 Å². The lowest BCUT2D eigenvalue weighted by Gasteiger charge is -2.08. The maximum Gasteiger partial charge on any atom is 0.0581 e. The zero-order valence-electron chi connectivity index (χ0n) is 8.61. The van der Waals surface area contributed by atoms with Gasteiger partial charge in [-0.2, -0.15) is 11.3 Å². The van der Waals surface area contributed by atoms with Crippen LogP contribution in [0.4, 0.5) is 0 Å². The summed E-state index contributed by atoms with van der Waals surface area (Å²) < 4.78 is 5.21. The highest BCUT2D eigenvalue weighted by atomic mass is 32.1. The molecule has 1 atom stereocenters. The SMILES string of the molecule is CCOCCCC(O)Cc1ccsc1. The fraction of sp³-hybridized carbons (Fsp3) is 0.636. The topological polar surface area (TPSA) is 29.5 Å². The quantitative estimate of drug-likeness (QED) is 0.707. The molecule has 0 aliphatic carbocycles. The number of aliphatic hydroxyl groups is 1. The van der Waals surface area contributed by atoms with E-state index in [-0.39, 0.29) is 6.10 Å². The molecule has 0 fully saturated rings. The van der Waals surface area contributed by atoms with E-state index >= 15 is 0 Å². The molecule has 0 amide bonds. The first-order valence-electron chi connectivity index (χ1n) is 5.09. The molecular weight excluding hydrogens is 196 g/mol. The van der Waals surface area contributed by atoms with E-state index in [1.54, 1.807) is 11.3 Å². The van der Waals surface area contributed by atoms with Crippen LogP contribution in [0, 0.1) is 0 Å². The number of rotatable bonds is 7. The summed E-state index contributed by atoms with van der Waals surface area (Å²) in [6, 6.07) is 2.07. The average molecular weight is 214 g/mol. The van der Waals surface area contributed by atoms with Crippen molar-refractivity contribution in [2.24, 2.45) is 0 Å². The van der Waals surface area contributed by atoms with E-state index < -0.39 is 0 Å². The Morgan fingerprint density at radius 1 is 1.57 bits per heavy atom.